The lowest BCUT2D eigenvalue weighted by molar-refractivity contribution is -0.139. The summed E-state index contributed by atoms with van der Waals surface area (Å²) in [5.74, 6) is -4.13. The zero-order valence-electron chi connectivity index (χ0n) is 26.6. The smallest absolute Gasteiger partial charge is 0.416 e. The molecule has 0 saturated carbocycles. The molecule has 256 valence electrons. The maximum absolute atomic E-state index is 16.5. The number of carbonyl (C=O) groups is 2. The van der Waals surface area contributed by atoms with Crippen LogP contribution in [0.2, 0.25) is 0 Å². The molecule has 1 amide bonds. The predicted octanol–water partition coefficient (Wildman–Crippen LogP) is 6.66. The number of pyridine rings is 1. The van der Waals surface area contributed by atoms with Gasteiger partial charge < -0.3 is 19.7 Å². The SMILES string of the molecule is C#Cc1cc(F)c([C@@H](CC(=O)O)NC(=O)[C@@H](CC(C)C)n2cc(CC3COC3)c(C(F)(F)F)cc2=O)c(F)c1-c1c(C)cc(F)cc1C. The fourth-order valence-corrected chi connectivity index (χ4v) is 6.05. The first-order valence-electron chi connectivity index (χ1n) is 15.1. The summed E-state index contributed by atoms with van der Waals surface area (Å²) in [5.41, 5.74) is -3.30. The van der Waals surface area contributed by atoms with Crippen LogP contribution in [0.15, 0.2) is 35.3 Å². The second-order valence-electron chi connectivity index (χ2n) is 12.4. The zero-order valence-corrected chi connectivity index (χ0v) is 26.6. The number of carbonyl (C=O) groups excluding carboxylic acids is 1. The average Bonchev–Trinajstić information content (AvgIpc) is 2.93. The van der Waals surface area contributed by atoms with Gasteiger partial charge in [0.15, 0.2) is 0 Å². The van der Waals surface area contributed by atoms with Crippen molar-refractivity contribution in [3.05, 3.63) is 91.6 Å². The number of carboxylic acid groups (broad SMARTS) is 1. The van der Waals surface area contributed by atoms with Gasteiger partial charge in [0.2, 0.25) is 5.91 Å². The number of hydrogen-bond acceptors (Lipinski definition) is 4. The average molecular weight is 677 g/mol. The molecule has 4 rings (SSSR count). The minimum Gasteiger partial charge on any atom is -0.481 e. The van der Waals surface area contributed by atoms with E-state index in [0.717, 1.165) is 29.0 Å². The van der Waals surface area contributed by atoms with Crippen molar-refractivity contribution in [1.82, 2.24) is 9.88 Å². The van der Waals surface area contributed by atoms with E-state index >= 15 is 8.78 Å². The molecule has 0 radical (unpaired) electrons. The van der Waals surface area contributed by atoms with Crippen molar-refractivity contribution >= 4 is 11.9 Å². The van der Waals surface area contributed by atoms with E-state index in [9.17, 15) is 37.1 Å². The molecule has 1 aromatic heterocycles. The van der Waals surface area contributed by atoms with Crippen LogP contribution in [-0.2, 0) is 26.9 Å². The Morgan fingerprint density at radius 1 is 1.08 bits per heavy atom. The Kier molecular flexibility index (Phi) is 10.8. The van der Waals surface area contributed by atoms with Crippen LogP contribution in [0.4, 0.5) is 26.3 Å². The topological polar surface area (TPSA) is 97.6 Å². The maximum Gasteiger partial charge on any atom is 0.416 e. The first kappa shape index (κ1) is 36.3. The fraction of sp³-hybridized carbons (Fsp3) is 0.400. The quantitative estimate of drug-likeness (QED) is 0.175. The second kappa shape index (κ2) is 14.3. The molecule has 48 heavy (non-hydrogen) atoms. The summed E-state index contributed by atoms with van der Waals surface area (Å²) in [7, 11) is 0. The Bertz CT molecular complexity index is 1820. The summed E-state index contributed by atoms with van der Waals surface area (Å²) in [6.45, 7) is 6.78. The third-order valence-electron chi connectivity index (χ3n) is 8.22. The van der Waals surface area contributed by atoms with Crippen molar-refractivity contribution in [2.45, 2.75) is 65.2 Å². The number of aryl methyl sites for hydroxylation is 2. The number of hydrogen-bond donors (Lipinski definition) is 2. The first-order chi connectivity index (χ1) is 22.4. The standard InChI is InChI=1S/C35H34F6N2O5/c1-6-21-11-25(37)32(33(38)31(21)30-18(4)8-23(36)9-19(30)5)26(13-29(45)46)42-34(47)27(7-17(2)3)43-14-22(10-20-15-48-16-20)24(12-28(43)44)35(39,40)41/h1,8-9,11-12,14,17,20,26-27H,7,10,13,15-16H2,2-5H3,(H,42,47)(H,45,46)/t26-,27-/m1/s1. The molecular weight excluding hydrogens is 642 g/mol. The zero-order chi connectivity index (χ0) is 35.7. The number of alkyl halides is 3. The highest BCUT2D eigenvalue weighted by Gasteiger charge is 2.37. The molecular formula is C35H34F6N2O5. The van der Waals surface area contributed by atoms with E-state index in [-0.39, 0.29) is 71.3 Å². The molecule has 2 heterocycles. The number of nitrogens with one attached hydrogen (secondary N) is 1. The van der Waals surface area contributed by atoms with Crippen LogP contribution >= 0.6 is 0 Å². The van der Waals surface area contributed by atoms with Gasteiger partial charge >= 0.3 is 12.1 Å². The third kappa shape index (κ3) is 7.76. The minimum atomic E-state index is -4.86. The second-order valence-corrected chi connectivity index (χ2v) is 12.4. The largest absolute Gasteiger partial charge is 0.481 e. The van der Waals surface area contributed by atoms with Gasteiger partial charge in [0, 0.05) is 34.9 Å². The Morgan fingerprint density at radius 2 is 1.71 bits per heavy atom. The van der Waals surface area contributed by atoms with Crippen LogP contribution in [0, 0.1) is 55.5 Å². The van der Waals surface area contributed by atoms with Gasteiger partial charge in [0.25, 0.3) is 5.56 Å². The van der Waals surface area contributed by atoms with Crippen LogP contribution in [0.5, 0.6) is 0 Å². The van der Waals surface area contributed by atoms with Crippen molar-refractivity contribution in [1.29, 1.82) is 0 Å². The summed E-state index contributed by atoms with van der Waals surface area (Å²) in [4.78, 5) is 39.0. The summed E-state index contributed by atoms with van der Waals surface area (Å²) >= 11 is 0. The summed E-state index contributed by atoms with van der Waals surface area (Å²) < 4.78 is 93.9. The number of rotatable bonds is 11. The molecule has 1 fully saturated rings. The van der Waals surface area contributed by atoms with Crippen LogP contribution in [0.3, 0.4) is 0 Å². The molecule has 2 aromatic carbocycles. The van der Waals surface area contributed by atoms with Crippen LogP contribution in [0.25, 0.3) is 11.1 Å². The van der Waals surface area contributed by atoms with E-state index in [1.54, 1.807) is 13.8 Å². The van der Waals surface area contributed by atoms with Gasteiger partial charge in [-0.1, -0.05) is 19.8 Å². The number of amides is 1. The highest BCUT2D eigenvalue weighted by atomic mass is 19.4. The van der Waals surface area contributed by atoms with Gasteiger partial charge in [-0.25, -0.2) is 13.2 Å². The van der Waals surface area contributed by atoms with Crippen LogP contribution < -0.4 is 10.9 Å². The Morgan fingerprint density at radius 3 is 2.21 bits per heavy atom. The molecule has 3 aromatic rings. The number of aromatic nitrogens is 1. The lowest BCUT2D eigenvalue weighted by Crippen LogP contribution is -2.41. The molecule has 0 bridgehead atoms. The van der Waals surface area contributed by atoms with Crippen molar-refractivity contribution in [3.8, 4) is 23.5 Å². The molecule has 0 spiro atoms. The first-order valence-corrected chi connectivity index (χ1v) is 15.1. The van der Waals surface area contributed by atoms with E-state index in [1.807, 2.05) is 0 Å². The number of carboxylic acids is 1. The van der Waals surface area contributed by atoms with Gasteiger partial charge in [-0.15, -0.1) is 6.42 Å². The van der Waals surface area contributed by atoms with E-state index in [4.69, 9.17) is 11.2 Å². The summed E-state index contributed by atoms with van der Waals surface area (Å²) in [5, 5.41) is 12.1. The maximum atomic E-state index is 16.5. The van der Waals surface area contributed by atoms with Crippen molar-refractivity contribution in [2.75, 3.05) is 13.2 Å². The van der Waals surface area contributed by atoms with Gasteiger partial charge in [-0.3, -0.25) is 14.4 Å². The van der Waals surface area contributed by atoms with Gasteiger partial charge in [0.05, 0.1) is 31.2 Å². The molecule has 2 atom stereocenters. The monoisotopic (exact) mass is 676 g/mol. The summed E-state index contributed by atoms with van der Waals surface area (Å²) in [6, 6.07) is 0.108. The molecule has 1 saturated heterocycles. The van der Waals surface area contributed by atoms with Crippen molar-refractivity contribution < 1.29 is 45.8 Å². The number of benzene rings is 2. The highest BCUT2D eigenvalue weighted by Crippen LogP contribution is 2.39. The van der Waals surface area contributed by atoms with Crippen molar-refractivity contribution in [2.24, 2.45) is 11.8 Å². The lowest BCUT2D eigenvalue weighted by Gasteiger charge is -2.29. The molecule has 0 aliphatic carbocycles. The Hall–Kier alpha value is -4.57. The molecule has 2 N–H and O–H groups in total. The Labute approximate surface area is 272 Å². The molecule has 0 unspecified atom stereocenters. The van der Waals surface area contributed by atoms with Crippen LogP contribution in [-0.4, -0.2) is 34.8 Å². The normalized spacial score (nSPS) is 14.7. The molecule has 1 aliphatic heterocycles. The predicted molar refractivity (Wildman–Crippen MR) is 165 cm³/mol. The third-order valence-corrected chi connectivity index (χ3v) is 8.22. The number of aliphatic carboxylic acids is 1. The fourth-order valence-electron chi connectivity index (χ4n) is 6.05. The van der Waals surface area contributed by atoms with E-state index < -0.39 is 70.7 Å². The summed E-state index contributed by atoms with van der Waals surface area (Å²) in [6.07, 6.45) is 0.472. The number of nitrogens with zero attached hydrogens (tertiary/aromatic N) is 1. The van der Waals surface area contributed by atoms with E-state index in [0.29, 0.717) is 6.07 Å². The van der Waals surface area contributed by atoms with Gasteiger partial charge in [-0.2, -0.15) is 13.2 Å². The van der Waals surface area contributed by atoms with Gasteiger partial charge in [0.1, 0.15) is 23.5 Å². The molecule has 13 heteroatoms. The Balaban J connectivity index is 1.85. The van der Waals surface area contributed by atoms with E-state index in [2.05, 4.69) is 11.2 Å². The number of ether oxygens (including phenoxy) is 1. The van der Waals surface area contributed by atoms with Crippen LogP contribution in [0.1, 0.15) is 72.2 Å². The number of halogens is 6. The lowest BCUT2D eigenvalue weighted by atomic mass is 9.88. The number of terminal acetylenes is 1. The molecule has 7 nitrogen and oxygen atoms in total. The van der Waals surface area contributed by atoms with Gasteiger partial charge in [-0.05, 0) is 73.1 Å². The van der Waals surface area contributed by atoms with Crippen molar-refractivity contribution in [3.63, 3.8) is 0 Å². The molecule has 1 aliphatic rings. The van der Waals surface area contributed by atoms with E-state index in [1.165, 1.54) is 13.8 Å². The minimum absolute atomic E-state index is 0.0876. The highest BCUT2D eigenvalue weighted by molar-refractivity contribution is 5.82.